The second-order valence-corrected chi connectivity index (χ2v) is 9.04. The van der Waals surface area contributed by atoms with Crippen molar-refractivity contribution in [3.8, 4) is 0 Å². The zero-order valence-corrected chi connectivity index (χ0v) is 19.6. The van der Waals surface area contributed by atoms with Crippen LogP contribution in [0.3, 0.4) is 0 Å². The number of ether oxygens (including phenoxy) is 1. The van der Waals surface area contributed by atoms with Crippen molar-refractivity contribution in [3.63, 3.8) is 0 Å². The Morgan fingerprint density at radius 2 is 1.65 bits per heavy atom. The van der Waals surface area contributed by atoms with Crippen molar-refractivity contribution in [1.29, 1.82) is 0 Å². The summed E-state index contributed by atoms with van der Waals surface area (Å²) >= 11 is 0. The Kier molecular flexibility index (Phi) is 9.00. The van der Waals surface area contributed by atoms with Gasteiger partial charge in [0.05, 0.1) is 16.1 Å². The molecule has 0 aromatic heterocycles. The quantitative estimate of drug-likeness (QED) is 0.411. The third-order valence-corrected chi connectivity index (χ3v) is 6.85. The zero-order valence-electron chi connectivity index (χ0n) is 18.8. The van der Waals surface area contributed by atoms with Gasteiger partial charge in [-0.25, -0.2) is 13.2 Å². The molecule has 0 fully saturated rings. The van der Waals surface area contributed by atoms with Crippen LogP contribution in [0.4, 0.5) is 18.9 Å². The van der Waals surface area contributed by atoms with Crippen LogP contribution < -0.4 is 5.32 Å². The number of nitrogens with zero attached hydrogens (tertiary/aromatic N) is 1. The molecule has 0 aliphatic heterocycles. The molecule has 1 unspecified atom stereocenters. The van der Waals surface area contributed by atoms with Crippen molar-refractivity contribution in [3.05, 3.63) is 65.7 Å². The van der Waals surface area contributed by atoms with E-state index < -0.39 is 45.4 Å². The lowest BCUT2D eigenvalue weighted by Crippen LogP contribution is -2.30. The number of rotatable bonds is 9. The highest BCUT2D eigenvalue weighted by molar-refractivity contribution is 7.89. The first-order valence-corrected chi connectivity index (χ1v) is 11.8. The van der Waals surface area contributed by atoms with Gasteiger partial charge in [0.25, 0.3) is 5.91 Å². The molecule has 0 spiro atoms. The maximum Gasteiger partial charge on any atom is 0.418 e. The summed E-state index contributed by atoms with van der Waals surface area (Å²) in [7, 11) is -3.61. The van der Waals surface area contributed by atoms with Gasteiger partial charge in [-0.3, -0.25) is 4.79 Å². The molecule has 0 saturated carbocycles. The first-order valence-electron chi connectivity index (χ1n) is 10.4. The van der Waals surface area contributed by atoms with Gasteiger partial charge in [-0.1, -0.05) is 38.1 Å². The molecular formula is C23H25F3N2O5S. The van der Waals surface area contributed by atoms with E-state index in [1.165, 1.54) is 53.7 Å². The number of amides is 1. The maximum atomic E-state index is 13.1. The molecule has 7 nitrogen and oxygen atoms in total. The lowest BCUT2D eigenvalue weighted by atomic mass is 10.1. The second kappa shape index (κ2) is 11.3. The molecule has 34 heavy (non-hydrogen) atoms. The number of carbonyl (C=O) groups is 2. The number of anilines is 1. The molecule has 1 N–H and O–H groups in total. The van der Waals surface area contributed by atoms with E-state index in [1.54, 1.807) is 13.8 Å². The molecule has 1 atom stereocenters. The summed E-state index contributed by atoms with van der Waals surface area (Å²) in [6.07, 6.45) is -3.63. The van der Waals surface area contributed by atoms with Crippen LogP contribution in [-0.4, -0.2) is 43.8 Å². The fourth-order valence-corrected chi connectivity index (χ4v) is 4.43. The van der Waals surface area contributed by atoms with Crippen molar-refractivity contribution in [2.45, 2.75) is 37.9 Å². The van der Waals surface area contributed by atoms with Gasteiger partial charge in [0.2, 0.25) is 10.0 Å². The monoisotopic (exact) mass is 498 g/mol. The van der Waals surface area contributed by atoms with E-state index in [-0.39, 0.29) is 4.90 Å². The Morgan fingerprint density at radius 1 is 1.06 bits per heavy atom. The van der Waals surface area contributed by atoms with E-state index in [9.17, 15) is 31.2 Å². The number of para-hydroxylation sites is 1. The summed E-state index contributed by atoms with van der Waals surface area (Å²) in [5, 5.41) is 2.11. The van der Waals surface area contributed by atoms with Crippen LogP contribution in [0.15, 0.2) is 59.5 Å². The molecule has 2 aromatic carbocycles. The molecule has 2 aromatic rings. The number of nitrogens with one attached hydrogen (secondary N) is 1. The fraction of sp³-hybridized carbons (Fsp3) is 0.304. The minimum atomic E-state index is -4.66. The number of hydrogen-bond donors (Lipinski definition) is 1. The highest BCUT2D eigenvalue weighted by Crippen LogP contribution is 2.34. The third-order valence-electron chi connectivity index (χ3n) is 4.79. The second-order valence-electron chi connectivity index (χ2n) is 7.10. The normalized spacial score (nSPS) is 13.1. The van der Waals surface area contributed by atoms with Gasteiger partial charge in [0.15, 0.2) is 6.10 Å². The van der Waals surface area contributed by atoms with E-state index in [2.05, 4.69) is 5.32 Å². The maximum absolute atomic E-state index is 13.1. The smallest absolute Gasteiger partial charge is 0.418 e. The average molecular weight is 499 g/mol. The number of sulfonamides is 1. The van der Waals surface area contributed by atoms with Gasteiger partial charge >= 0.3 is 12.1 Å². The number of benzene rings is 2. The van der Waals surface area contributed by atoms with Crippen molar-refractivity contribution >= 4 is 33.7 Å². The van der Waals surface area contributed by atoms with Crippen LogP contribution in [0, 0.1) is 0 Å². The summed E-state index contributed by atoms with van der Waals surface area (Å²) in [5.41, 5.74) is -0.960. The topological polar surface area (TPSA) is 92.8 Å². The van der Waals surface area contributed by atoms with Crippen molar-refractivity contribution < 1.29 is 35.9 Å². The molecular weight excluding hydrogens is 473 g/mol. The Bertz CT molecular complexity index is 1140. The predicted octanol–water partition coefficient (Wildman–Crippen LogP) is 4.32. The minimum absolute atomic E-state index is 0.111. The molecule has 1 amide bonds. The van der Waals surface area contributed by atoms with E-state index in [1.807, 2.05) is 0 Å². The van der Waals surface area contributed by atoms with Gasteiger partial charge in [-0.05, 0) is 42.8 Å². The Morgan fingerprint density at radius 3 is 2.21 bits per heavy atom. The average Bonchev–Trinajstić information content (AvgIpc) is 2.78. The summed E-state index contributed by atoms with van der Waals surface area (Å²) < 4.78 is 70.4. The van der Waals surface area contributed by atoms with Gasteiger partial charge < -0.3 is 10.1 Å². The highest BCUT2D eigenvalue weighted by Gasteiger charge is 2.34. The lowest BCUT2D eigenvalue weighted by molar-refractivity contribution is -0.148. The Labute approximate surface area is 196 Å². The fourth-order valence-electron chi connectivity index (χ4n) is 2.97. The van der Waals surface area contributed by atoms with Gasteiger partial charge in [-0.15, -0.1) is 0 Å². The molecule has 2 rings (SSSR count). The Hall–Kier alpha value is -3.18. The SMILES string of the molecule is CCN(CC)S(=O)(=O)c1ccc(/C=C/C(=O)OC(C)C(=O)Nc2ccccc2C(F)(F)F)cc1. The van der Waals surface area contributed by atoms with Crippen LogP contribution >= 0.6 is 0 Å². The number of alkyl halides is 3. The highest BCUT2D eigenvalue weighted by atomic mass is 32.2. The van der Waals surface area contributed by atoms with Crippen LogP contribution in [0.25, 0.3) is 6.08 Å². The molecule has 11 heteroatoms. The summed E-state index contributed by atoms with van der Waals surface area (Å²) in [5.74, 6) is -1.82. The number of halogens is 3. The molecule has 0 bridgehead atoms. The minimum Gasteiger partial charge on any atom is -0.449 e. The standard InChI is InChI=1S/C23H25F3N2O5S/c1-4-28(5-2)34(31,32)18-13-10-17(11-14-18)12-15-21(29)33-16(3)22(30)27-20-9-7-6-8-19(20)23(24,25)26/h6-16H,4-5H2,1-3H3,(H,27,30)/b15-12+. The number of hydrogen-bond acceptors (Lipinski definition) is 5. The van der Waals surface area contributed by atoms with E-state index in [0.29, 0.717) is 18.7 Å². The van der Waals surface area contributed by atoms with Crippen LogP contribution in [0.5, 0.6) is 0 Å². The molecule has 0 heterocycles. The first kappa shape index (κ1) is 27.1. The molecule has 0 aliphatic carbocycles. The number of esters is 1. The van der Waals surface area contributed by atoms with Crippen molar-refractivity contribution in [1.82, 2.24) is 4.31 Å². The van der Waals surface area contributed by atoms with Crippen LogP contribution in [0.2, 0.25) is 0 Å². The van der Waals surface area contributed by atoms with E-state index >= 15 is 0 Å². The van der Waals surface area contributed by atoms with Crippen molar-refractivity contribution in [2.75, 3.05) is 18.4 Å². The van der Waals surface area contributed by atoms with E-state index in [0.717, 1.165) is 18.2 Å². The lowest BCUT2D eigenvalue weighted by Gasteiger charge is -2.18. The summed E-state index contributed by atoms with van der Waals surface area (Å²) in [4.78, 5) is 24.3. The van der Waals surface area contributed by atoms with Crippen LogP contribution in [0.1, 0.15) is 31.9 Å². The summed E-state index contributed by atoms with van der Waals surface area (Å²) in [6, 6.07) is 10.3. The van der Waals surface area contributed by atoms with Gasteiger partial charge in [0, 0.05) is 19.2 Å². The first-order chi connectivity index (χ1) is 15.9. The molecule has 0 aliphatic rings. The Balaban J connectivity index is 2.01. The number of carbonyl (C=O) groups excluding carboxylic acids is 2. The van der Waals surface area contributed by atoms with Gasteiger partial charge in [-0.2, -0.15) is 17.5 Å². The molecule has 0 radical (unpaired) electrons. The molecule has 0 saturated heterocycles. The molecule has 184 valence electrons. The van der Waals surface area contributed by atoms with Crippen LogP contribution in [-0.2, 0) is 30.5 Å². The summed E-state index contributed by atoms with van der Waals surface area (Å²) in [6.45, 7) is 5.37. The largest absolute Gasteiger partial charge is 0.449 e. The third kappa shape index (κ3) is 6.91. The predicted molar refractivity (Wildman–Crippen MR) is 121 cm³/mol. The van der Waals surface area contributed by atoms with Crippen molar-refractivity contribution in [2.24, 2.45) is 0 Å². The zero-order chi connectivity index (χ0) is 25.5. The van der Waals surface area contributed by atoms with Gasteiger partial charge in [0.1, 0.15) is 0 Å². The van der Waals surface area contributed by atoms with E-state index in [4.69, 9.17) is 4.74 Å².